The number of hydrogen-bond acceptors (Lipinski definition) is 2. The van der Waals surface area contributed by atoms with Gasteiger partial charge >= 0.3 is 0 Å². The lowest BCUT2D eigenvalue weighted by Crippen LogP contribution is -2.28. The second kappa shape index (κ2) is 3.72. The van der Waals surface area contributed by atoms with Crippen LogP contribution in [-0.2, 0) is 13.0 Å². The van der Waals surface area contributed by atoms with Crippen molar-refractivity contribution in [2.45, 2.75) is 53.5 Å². The molecule has 0 radical (unpaired) electrons. The van der Waals surface area contributed by atoms with Gasteiger partial charge in [-0.05, 0) is 25.2 Å². The molecule has 0 N–H and O–H groups in total. The van der Waals surface area contributed by atoms with Gasteiger partial charge in [0, 0.05) is 13.0 Å². The molecule has 0 saturated carbocycles. The average molecular weight is 220 g/mol. The van der Waals surface area contributed by atoms with Gasteiger partial charge in [0.05, 0.1) is 17.0 Å². The number of ketones is 1. The summed E-state index contributed by atoms with van der Waals surface area (Å²) >= 11 is 0. The Labute approximate surface area is 96.8 Å². The van der Waals surface area contributed by atoms with Crippen LogP contribution < -0.4 is 0 Å². The lowest BCUT2D eigenvalue weighted by Gasteiger charge is -2.29. The smallest absolute Gasteiger partial charge is 0.167 e. The second-order valence-electron chi connectivity index (χ2n) is 5.57. The van der Waals surface area contributed by atoms with E-state index in [1.54, 1.807) is 0 Å². The maximum absolute atomic E-state index is 12.1. The van der Waals surface area contributed by atoms with Gasteiger partial charge in [0.25, 0.3) is 0 Å². The second-order valence-corrected chi connectivity index (χ2v) is 5.57. The van der Waals surface area contributed by atoms with E-state index in [-0.39, 0.29) is 11.2 Å². The fraction of sp³-hybridized carbons (Fsp3) is 0.692. The van der Waals surface area contributed by atoms with Crippen molar-refractivity contribution in [2.75, 3.05) is 0 Å². The monoisotopic (exact) mass is 220 g/mol. The molecule has 1 aromatic rings. The Bertz CT molecular complexity index is 429. The summed E-state index contributed by atoms with van der Waals surface area (Å²) in [5.74, 6) is 0.270. The normalized spacial score (nSPS) is 18.6. The van der Waals surface area contributed by atoms with Crippen molar-refractivity contribution in [1.29, 1.82) is 0 Å². The van der Waals surface area contributed by atoms with Gasteiger partial charge in [-0.25, -0.2) is 0 Å². The van der Waals surface area contributed by atoms with Crippen LogP contribution in [0.1, 0.15) is 55.4 Å². The van der Waals surface area contributed by atoms with E-state index in [1.807, 2.05) is 11.6 Å². The van der Waals surface area contributed by atoms with E-state index >= 15 is 0 Å². The van der Waals surface area contributed by atoms with Gasteiger partial charge in [-0.1, -0.05) is 20.8 Å². The van der Waals surface area contributed by atoms with E-state index in [4.69, 9.17) is 0 Å². The summed E-state index contributed by atoms with van der Waals surface area (Å²) in [4.78, 5) is 12.1. The summed E-state index contributed by atoms with van der Waals surface area (Å²) < 4.78 is 2.03. The Kier molecular flexibility index (Phi) is 2.64. The highest BCUT2D eigenvalue weighted by Crippen LogP contribution is 2.35. The molecule has 0 fully saturated rings. The lowest BCUT2D eigenvalue weighted by atomic mass is 9.75. The minimum Gasteiger partial charge on any atom is -0.294 e. The molecule has 1 aliphatic carbocycles. The Morgan fingerprint density at radius 1 is 1.38 bits per heavy atom. The fourth-order valence-corrected chi connectivity index (χ4v) is 2.61. The number of aryl methyl sites for hydroxylation is 2. The molecule has 3 heteroatoms. The molecule has 0 spiro atoms. The molecule has 0 bridgehead atoms. The van der Waals surface area contributed by atoms with Crippen LogP contribution in [0.5, 0.6) is 0 Å². The molecule has 1 aliphatic rings. The van der Waals surface area contributed by atoms with Crippen molar-refractivity contribution in [3.05, 3.63) is 17.0 Å². The van der Waals surface area contributed by atoms with E-state index in [1.165, 1.54) is 0 Å². The summed E-state index contributed by atoms with van der Waals surface area (Å²) in [6.45, 7) is 9.32. The summed E-state index contributed by atoms with van der Waals surface area (Å²) in [6, 6.07) is 0. The van der Waals surface area contributed by atoms with Gasteiger partial charge in [0.15, 0.2) is 5.78 Å². The summed E-state index contributed by atoms with van der Waals surface area (Å²) in [6.07, 6.45) is 2.68. The van der Waals surface area contributed by atoms with E-state index in [0.717, 1.165) is 36.3 Å². The number of rotatable bonds is 2. The maximum Gasteiger partial charge on any atom is 0.167 e. The number of hydrogen-bond donors (Lipinski definition) is 0. The molecule has 88 valence electrons. The predicted octanol–water partition coefficient (Wildman–Crippen LogP) is 2.76. The van der Waals surface area contributed by atoms with Crippen LogP contribution in [-0.4, -0.2) is 15.6 Å². The molecular weight excluding hydrogens is 200 g/mol. The molecule has 0 saturated heterocycles. The topological polar surface area (TPSA) is 34.9 Å². The maximum atomic E-state index is 12.1. The lowest BCUT2D eigenvalue weighted by molar-refractivity contribution is 0.0909. The minimum absolute atomic E-state index is 0.0854. The Morgan fingerprint density at radius 3 is 2.69 bits per heavy atom. The highest BCUT2D eigenvalue weighted by molar-refractivity contribution is 5.99. The first kappa shape index (κ1) is 11.4. The molecule has 0 unspecified atom stereocenters. The van der Waals surface area contributed by atoms with Crippen LogP contribution in [0, 0.1) is 12.3 Å². The van der Waals surface area contributed by atoms with Crippen LogP contribution in [0.3, 0.4) is 0 Å². The predicted molar refractivity (Wildman–Crippen MR) is 63.7 cm³/mol. The van der Waals surface area contributed by atoms with Crippen molar-refractivity contribution >= 4 is 5.78 Å². The molecule has 0 atom stereocenters. The van der Waals surface area contributed by atoms with Crippen LogP contribution in [0.25, 0.3) is 0 Å². The van der Waals surface area contributed by atoms with Crippen LogP contribution in [0.2, 0.25) is 0 Å². The van der Waals surface area contributed by atoms with Gasteiger partial charge in [0.1, 0.15) is 0 Å². The van der Waals surface area contributed by atoms with E-state index in [2.05, 4.69) is 25.9 Å². The van der Waals surface area contributed by atoms with Gasteiger partial charge in [-0.2, -0.15) is 5.10 Å². The third-order valence-corrected chi connectivity index (χ3v) is 3.23. The Balaban J connectivity index is 2.50. The van der Waals surface area contributed by atoms with Gasteiger partial charge < -0.3 is 0 Å². The molecule has 16 heavy (non-hydrogen) atoms. The fourth-order valence-electron chi connectivity index (χ4n) is 2.61. The van der Waals surface area contributed by atoms with Crippen LogP contribution >= 0.6 is 0 Å². The zero-order chi connectivity index (χ0) is 11.9. The zero-order valence-corrected chi connectivity index (χ0v) is 10.6. The molecule has 0 aliphatic heterocycles. The van der Waals surface area contributed by atoms with Gasteiger partial charge in [-0.15, -0.1) is 0 Å². The van der Waals surface area contributed by atoms with Crippen molar-refractivity contribution in [3.63, 3.8) is 0 Å². The molecule has 1 heterocycles. The first-order valence-corrected chi connectivity index (χ1v) is 6.04. The Morgan fingerprint density at radius 2 is 2.06 bits per heavy atom. The van der Waals surface area contributed by atoms with E-state index in [9.17, 15) is 4.79 Å². The van der Waals surface area contributed by atoms with E-state index < -0.39 is 0 Å². The highest BCUT2D eigenvalue weighted by Gasteiger charge is 2.35. The largest absolute Gasteiger partial charge is 0.294 e. The van der Waals surface area contributed by atoms with Crippen LogP contribution in [0.4, 0.5) is 0 Å². The van der Waals surface area contributed by atoms with Gasteiger partial charge in [0.2, 0.25) is 0 Å². The van der Waals surface area contributed by atoms with Gasteiger partial charge in [-0.3, -0.25) is 9.48 Å². The number of nitrogens with zero attached hydrogens (tertiary/aromatic N) is 2. The quantitative estimate of drug-likeness (QED) is 0.768. The SMILES string of the molecule is CCCn1nc(C)c2c1CC(C)(C)CC2=O. The first-order chi connectivity index (χ1) is 7.44. The first-order valence-electron chi connectivity index (χ1n) is 6.04. The number of Topliss-reactive ketones (excluding diaryl/α,β-unsaturated/α-hetero) is 1. The molecule has 1 aromatic heterocycles. The molecular formula is C13H20N2O. The zero-order valence-electron chi connectivity index (χ0n) is 10.6. The van der Waals surface area contributed by atoms with Crippen molar-refractivity contribution in [1.82, 2.24) is 9.78 Å². The number of carbonyl (C=O) groups is 1. The van der Waals surface area contributed by atoms with Crippen molar-refractivity contribution in [3.8, 4) is 0 Å². The number of carbonyl (C=O) groups excluding carboxylic acids is 1. The molecule has 0 aromatic carbocycles. The number of fused-ring (bicyclic) bond motifs is 1. The van der Waals surface area contributed by atoms with Crippen molar-refractivity contribution in [2.24, 2.45) is 5.41 Å². The standard InChI is InChI=1S/C13H20N2O/c1-5-6-15-10-7-13(3,4)8-11(16)12(10)9(2)14-15/h5-8H2,1-4H3. The third-order valence-electron chi connectivity index (χ3n) is 3.23. The summed E-state index contributed by atoms with van der Waals surface area (Å²) in [5, 5.41) is 4.49. The summed E-state index contributed by atoms with van der Waals surface area (Å²) in [5.41, 5.74) is 3.04. The average Bonchev–Trinajstić information content (AvgIpc) is 2.41. The third kappa shape index (κ3) is 1.79. The molecule has 0 amide bonds. The van der Waals surface area contributed by atoms with Crippen LogP contribution in [0.15, 0.2) is 0 Å². The number of aromatic nitrogens is 2. The highest BCUT2D eigenvalue weighted by atomic mass is 16.1. The minimum atomic E-state index is 0.0854. The molecule has 3 nitrogen and oxygen atoms in total. The summed E-state index contributed by atoms with van der Waals surface area (Å²) in [7, 11) is 0. The van der Waals surface area contributed by atoms with E-state index in [0.29, 0.717) is 6.42 Å². The van der Waals surface area contributed by atoms with Crippen molar-refractivity contribution < 1.29 is 4.79 Å². The molecule has 2 rings (SSSR count). The Hall–Kier alpha value is -1.12.